The number of phenols is 3. The smallest absolute Gasteiger partial charge is 1.00 e. The summed E-state index contributed by atoms with van der Waals surface area (Å²) in [4.78, 5) is 10.6. The Hall–Kier alpha value is 1.38. The van der Waals surface area contributed by atoms with Crippen molar-refractivity contribution in [1.82, 2.24) is 0 Å². The molecule has 7 heteroatoms. The van der Waals surface area contributed by atoms with Crippen molar-refractivity contribution in [2.75, 3.05) is 0 Å². The first-order chi connectivity index (χ1) is 5.52. The minimum absolute atomic E-state index is 0. The first kappa shape index (κ1) is 17.8. The zero-order valence-corrected chi connectivity index (χ0v) is 13.8. The molecule has 0 aliphatic heterocycles. The third-order valence-electron chi connectivity index (χ3n) is 1.32. The Morgan fingerprint density at radius 2 is 1.57 bits per heavy atom. The van der Waals surface area contributed by atoms with Gasteiger partial charge in [-0.3, -0.25) is 4.79 Å². The van der Waals surface area contributed by atoms with Gasteiger partial charge in [0.05, 0.1) is 0 Å². The Morgan fingerprint density at radius 1 is 1.21 bits per heavy atom. The Morgan fingerprint density at radius 3 is 1.86 bits per heavy atom. The van der Waals surface area contributed by atoms with Crippen molar-refractivity contribution in [1.29, 1.82) is 0 Å². The van der Waals surface area contributed by atoms with Gasteiger partial charge < -0.3 is 21.0 Å². The number of carbonyl (C=O) groups is 1. The Balaban J connectivity index is -0.0000000600. The van der Waals surface area contributed by atoms with E-state index in [1.54, 1.807) is 0 Å². The average Bonchev–Trinajstić information content (AvgIpc) is 1.99. The van der Waals surface area contributed by atoms with Gasteiger partial charge in [-0.05, 0) is 12.1 Å². The molecule has 4 nitrogen and oxygen atoms in total. The summed E-state index contributed by atoms with van der Waals surface area (Å²) >= 11 is 3.47. The van der Waals surface area contributed by atoms with Crippen LogP contribution >= 0.6 is 12.6 Å². The van der Waals surface area contributed by atoms with Crippen molar-refractivity contribution in [3.8, 4) is 17.2 Å². The molecule has 0 aromatic heterocycles. The summed E-state index contributed by atoms with van der Waals surface area (Å²) in [5.74, 6) is -1.74. The van der Waals surface area contributed by atoms with Gasteiger partial charge in [0.2, 0.25) is 5.12 Å². The van der Waals surface area contributed by atoms with Crippen LogP contribution < -0.4 is 0 Å². The minimum Gasteiger partial charge on any atom is -1.00 e. The van der Waals surface area contributed by atoms with Gasteiger partial charge in [-0.1, -0.05) is 0 Å². The second-order valence-electron chi connectivity index (χ2n) is 2.17. The van der Waals surface area contributed by atoms with Gasteiger partial charge in [-0.15, -0.1) is 12.6 Å². The monoisotopic (exact) mass is 318 g/mol. The largest absolute Gasteiger partial charge is 2.00 e. The van der Waals surface area contributed by atoms with E-state index in [0.717, 1.165) is 12.1 Å². The van der Waals surface area contributed by atoms with Gasteiger partial charge in [-0.2, -0.15) is 0 Å². The molecule has 0 radical (unpaired) electrons. The molecule has 0 aliphatic carbocycles. The Bertz CT molecular complexity index is 335. The zero-order valence-electron chi connectivity index (χ0n) is 11.3. The molecular formula is C7H10CaO4SSr. The van der Waals surface area contributed by atoms with Crippen LogP contribution in [0.4, 0.5) is 0 Å². The predicted octanol–water partition coefficient (Wildman–Crippen LogP) is 0.562. The van der Waals surface area contributed by atoms with Crippen LogP contribution in [0.1, 0.15) is 16.1 Å². The molecule has 1 aromatic rings. The summed E-state index contributed by atoms with van der Waals surface area (Å²) in [6.45, 7) is 0. The van der Waals surface area contributed by atoms with Gasteiger partial charge in [0.25, 0.3) is 0 Å². The van der Waals surface area contributed by atoms with E-state index in [0.29, 0.717) is 0 Å². The van der Waals surface area contributed by atoms with Gasteiger partial charge in [0, 0.05) is 5.56 Å². The maximum absolute atomic E-state index is 10.6. The summed E-state index contributed by atoms with van der Waals surface area (Å²) in [5.41, 5.74) is 0.0196. The SMILES string of the molecule is O=C(S)c1cc(O)c(O)c(O)c1.[Ca+2].[H-].[H-].[H-].[H-].[Sr+2]. The molecule has 1 rings (SSSR count). The topological polar surface area (TPSA) is 77.8 Å². The fraction of sp³-hybridized carbons (Fsp3) is 0. The van der Waals surface area contributed by atoms with Gasteiger partial charge in [0.1, 0.15) is 0 Å². The van der Waals surface area contributed by atoms with Crippen LogP contribution in [-0.2, 0) is 0 Å². The fourth-order valence-electron chi connectivity index (χ4n) is 0.728. The maximum atomic E-state index is 10.6. The van der Waals surface area contributed by atoms with Crippen LogP contribution in [0.5, 0.6) is 17.2 Å². The van der Waals surface area contributed by atoms with E-state index < -0.39 is 22.4 Å². The number of phenolic OH excluding ortho intramolecular Hbond substituents is 3. The molecule has 0 saturated carbocycles. The molecule has 1 aromatic carbocycles. The molecule has 0 fully saturated rings. The normalized spacial score (nSPS) is 8.36. The van der Waals surface area contributed by atoms with Crippen LogP contribution in [-0.4, -0.2) is 104 Å². The number of rotatable bonds is 1. The molecule has 0 heterocycles. The predicted molar refractivity (Wildman–Crippen MR) is 60.7 cm³/mol. The summed E-state index contributed by atoms with van der Waals surface area (Å²) < 4.78 is 0. The summed E-state index contributed by atoms with van der Waals surface area (Å²) in [7, 11) is 0. The van der Waals surface area contributed by atoms with Crippen LogP contribution in [0.3, 0.4) is 0 Å². The third kappa shape index (κ3) is 4.49. The number of hydrogen-bond donors (Lipinski definition) is 4. The van der Waals surface area contributed by atoms with E-state index in [1.807, 2.05) is 0 Å². The third-order valence-corrected chi connectivity index (χ3v) is 1.57. The minimum atomic E-state index is -0.645. The Kier molecular flexibility index (Phi) is 9.67. The van der Waals surface area contributed by atoms with Crippen molar-refractivity contribution in [3.05, 3.63) is 17.7 Å². The Labute approximate surface area is 159 Å². The molecule has 0 aliphatic rings. The van der Waals surface area contributed by atoms with Crippen molar-refractivity contribution in [2.45, 2.75) is 0 Å². The van der Waals surface area contributed by atoms with E-state index >= 15 is 0 Å². The quantitative estimate of drug-likeness (QED) is 0.347. The molecule has 3 N–H and O–H groups in total. The van der Waals surface area contributed by atoms with Crippen LogP contribution in [0.2, 0.25) is 0 Å². The van der Waals surface area contributed by atoms with E-state index in [-0.39, 0.29) is 94.5 Å². The molecule has 0 spiro atoms. The van der Waals surface area contributed by atoms with E-state index in [4.69, 9.17) is 15.3 Å². The van der Waals surface area contributed by atoms with E-state index in [9.17, 15) is 4.79 Å². The summed E-state index contributed by atoms with van der Waals surface area (Å²) in [6.07, 6.45) is 0. The number of hydrogen-bond acceptors (Lipinski definition) is 4. The first-order valence-corrected chi connectivity index (χ1v) is 3.45. The zero-order chi connectivity index (χ0) is 9.30. The molecule has 0 saturated heterocycles. The van der Waals surface area contributed by atoms with Crippen molar-refractivity contribution < 1.29 is 25.8 Å². The van der Waals surface area contributed by atoms with Crippen molar-refractivity contribution >= 4 is 101 Å². The van der Waals surface area contributed by atoms with E-state index in [1.165, 1.54) is 0 Å². The summed E-state index contributed by atoms with van der Waals surface area (Å²) in [6, 6.07) is 2.04. The molecule has 0 unspecified atom stereocenters. The van der Waals surface area contributed by atoms with Crippen LogP contribution in [0, 0.1) is 0 Å². The van der Waals surface area contributed by atoms with Crippen LogP contribution in [0.15, 0.2) is 12.1 Å². The molecule has 0 amide bonds. The van der Waals surface area contributed by atoms with Gasteiger partial charge in [0.15, 0.2) is 17.2 Å². The first-order valence-electron chi connectivity index (χ1n) is 3.00. The molecule has 72 valence electrons. The van der Waals surface area contributed by atoms with Crippen LogP contribution in [0.25, 0.3) is 0 Å². The summed E-state index contributed by atoms with van der Waals surface area (Å²) in [5, 5.41) is 26.1. The van der Waals surface area contributed by atoms with Crippen molar-refractivity contribution in [2.24, 2.45) is 0 Å². The maximum Gasteiger partial charge on any atom is 2.00 e. The number of carbonyl (C=O) groups excluding carboxylic acids is 1. The van der Waals surface area contributed by atoms with Gasteiger partial charge >= 0.3 is 83.2 Å². The number of benzene rings is 1. The molecule has 14 heavy (non-hydrogen) atoms. The fourth-order valence-corrected chi connectivity index (χ4v) is 0.857. The second kappa shape index (κ2) is 7.62. The molecule has 0 bridgehead atoms. The average molecular weight is 318 g/mol. The number of thiol groups is 1. The van der Waals surface area contributed by atoms with Gasteiger partial charge in [-0.25, -0.2) is 0 Å². The van der Waals surface area contributed by atoms with E-state index in [2.05, 4.69) is 12.6 Å². The number of aromatic hydroxyl groups is 3. The molecule has 0 atom stereocenters. The molecular weight excluding hydrogens is 308 g/mol. The standard InChI is InChI=1S/C7H6O4S.Ca.Sr.4H/c8-4-1-3(7(11)12)2-5(9)6(4)10;;;;;;/h1-2,8-10H,(H,11,12);;;;;;/q;2*+2;4*-1. The second-order valence-corrected chi connectivity index (χ2v) is 2.57. The van der Waals surface area contributed by atoms with Crippen molar-refractivity contribution in [3.63, 3.8) is 0 Å².